The fourth-order valence-corrected chi connectivity index (χ4v) is 1.08. The molecule has 1 nitrogen and oxygen atoms in total. The fourth-order valence-electron chi connectivity index (χ4n) is 0.853. The average molecular weight is 211 g/mol. The third kappa shape index (κ3) is 2.28. The van der Waals surface area contributed by atoms with Crippen LogP contribution in [0.5, 0.6) is 5.75 Å². The van der Waals surface area contributed by atoms with E-state index >= 15 is 0 Å². The molecule has 5 heteroatoms. The molecule has 0 aliphatic carbocycles. The Kier molecular flexibility index (Phi) is 2.71. The third-order valence-electron chi connectivity index (χ3n) is 1.56. The standard InChI is InChI=1S/C8H6ClF3O/c9-4-5-1-2-6(3-7(5)13)8(10,11)12/h1-3,13H,4H2. The Bertz CT molecular complexity index is 309. The Morgan fingerprint density at radius 3 is 2.31 bits per heavy atom. The van der Waals surface area contributed by atoms with E-state index in [0.717, 1.165) is 12.1 Å². The molecule has 1 N–H and O–H groups in total. The number of phenols is 1. The van der Waals surface area contributed by atoms with Crippen molar-refractivity contribution in [2.75, 3.05) is 0 Å². The summed E-state index contributed by atoms with van der Waals surface area (Å²) in [6, 6.07) is 2.71. The van der Waals surface area contributed by atoms with Crippen molar-refractivity contribution in [3.05, 3.63) is 29.3 Å². The van der Waals surface area contributed by atoms with Gasteiger partial charge in [-0.2, -0.15) is 13.2 Å². The summed E-state index contributed by atoms with van der Waals surface area (Å²) in [6.07, 6.45) is -4.43. The SMILES string of the molecule is Oc1cc(C(F)(F)F)ccc1CCl. The highest BCUT2D eigenvalue weighted by molar-refractivity contribution is 6.17. The van der Waals surface area contributed by atoms with Crippen molar-refractivity contribution in [2.45, 2.75) is 12.1 Å². The summed E-state index contributed by atoms with van der Waals surface area (Å²) < 4.78 is 36.2. The Balaban J connectivity index is 3.10. The van der Waals surface area contributed by atoms with Crippen LogP contribution in [0, 0.1) is 0 Å². The zero-order chi connectivity index (χ0) is 10.1. The monoisotopic (exact) mass is 210 g/mol. The van der Waals surface area contributed by atoms with Gasteiger partial charge in [0.2, 0.25) is 0 Å². The van der Waals surface area contributed by atoms with E-state index < -0.39 is 17.5 Å². The topological polar surface area (TPSA) is 20.2 Å². The van der Waals surface area contributed by atoms with E-state index in [4.69, 9.17) is 16.7 Å². The van der Waals surface area contributed by atoms with Crippen molar-refractivity contribution in [1.29, 1.82) is 0 Å². The Labute approximate surface area is 77.8 Å². The number of rotatable bonds is 1. The predicted octanol–water partition coefficient (Wildman–Crippen LogP) is 3.15. The summed E-state index contributed by atoms with van der Waals surface area (Å²) in [6.45, 7) is 0. The first-order chi connectivity index (χ1) is 5.95. The molecule has 13 heavy (non-hydrogen) atoms. The van der Waals surface area contributed by atoms with E-state index in [9.17, 15) is 13.2 Å². The molecular formula is C8H6ClF3O. The van der Waals surface area contributed by atoms with Crippen LogP contribution < -0.4 is 0 Å². The molecular weight excluding hydrogens is 205 g/mol. The smallest absolute Gasteiger partial charge is 0.416 e. The van der Waals surface area contributed by atoms with E-state index in [0.29, 0.717) is 6.07 Å². The lowest BCUT2D eigenvalue weighted by molar-refractivity contribution is -0.137. The maximum atomic E-state index is 12.1. The summed E-state index contributed by atoms with van der Waals surface area (Å²) in [5, 5.41) is 9.07. The lowest BCUT2D eigenvalue weighted by Crippen LogP contribution is -2.04. The largest absolute Gasteiger partial charge is 0.508 e. The molecule has 0 bridgehead atoms. The summed E-state index contributed by atoms with van der Waals surface area (Å²) in [5.74, 6) is -0.436. The first kappa shape index (κ1) is 10.2. The molecule has 0 atom stereocenters. The van der Waals surface area contributed by atoms with Gasteiger partial charge in [0, 0.05) is 5.56 Å². The number of phenolic OH excluding ortho intramolecular Hbond substituents is 1. The molecule has 0 radical (unpaired) electrons. The maximum absolute atomic E-state index is 12.1. The van der Waals surface area contributed by atoms with Crippen molar-refractivity contribution in [3.63, 3.8) is 0 Å². The first-order valence-electron chi connectivity index (χ1n) is 3.40. The van der Waals surface area contributed by atoms with Crippen LogP contribution in [0.25, 0.3) is 0 Å². The molecule has 0 unspecified atom stereocenters. The van der Waals surface area contributed by atoms with Gasteiger partial charge in [0.1, 0.15) is 5.75 Å². The second-order valence-electron chi connectivity index (χ2n) is 2.47. The van der Waals surface area contributed by atoms with Gasteiger partial charge in [-0.25, -0.2) is 0 Å². The molecule has 0 aliphatic heterocycles. The first-order valence-corrected chi connectivity index (χ1v) is 3.93. The van der Waals surface area contributed by atoms with Crippen LogP contribution in [-0.2, 0) is 12.1 Å². The van der Waals surface area contributed by atoms with E-state index in [2.05, 4.69) is 0 Å². The van der Waals surface area contributed by atoms with E-state index in [-0.39, 0.29) is 11.4 Å². The highest BCUT2D eigenvalue weighted by atomic mass is 35.5. The Morgan fingerprint density at radius 2 is 1.92 bits per heavy atom. The van der Waals surface area contributed by atoms with Crippen molar-refractivity contribution in [1.82, 2.24) is 0 Å². The summed E-state index contributed by atoms with van der Waals surface area (Å²) in [7, 11) is 0. The average Bonchev–Trinajstić information content (AvgIpc) is 2.02. The van der Waals surface area contributed by atoms with Crippen molar-refractivity contribution in [3.8, 4) is 5.75 Å². The molecule has 0 aromatic heterocycles. The minimum atomic E-state index is -4.43. The number of halogens is 4. The van der Waals surface area contributed by atoms with Crippen LogP contribution >= 0.6 is 11.6 Å². The highest BCUT2D eigenvalue weighted by Crippen LogP contribution is 2.32. The van der Waals surface area contributed by atoms with Crippen LogP contribution in [0.1, 0.15) is 11.1 Å². The molecule has 0 fully saturated rings. The minimum absolute atomic E-state index is 0.00995. The van der Waals surface area contributed by atoms with Gasteiger partial charge in [-0.15, -0.1) is 11.6 Å². The zero-order valence-corrected chi connectivity index (χ0v) is 7.15. The van der Waals surface area contributed by atoms with Crippen molar-refractivity contribution < 1.29 is 18.3 Å². The molecule has 0 saturated carbocycles. The number of benzene rings is 1. The van der Waals surface area contributed by atoms with E-state index in [1.165, 1.54) is 0 Å². The van der Waals surface area contributed by atoms with Gasteiger partial charge in [0.15, 0.2) is 0 Å². The van der Waals surface area contributed by atoms with Gasteiger partial charge in [0.25, 0.3) is 0 Å². The summed E-state index contributed by atoms with van der Waals surface area (Å²) >= 11 is 5.36. The molecule has 0 aliphatic rings. The lowest BCUT2D eigenvalue weighted by Gasteiger charge is -2.08. The number of aromatic hydroxyl groups is 1. The van der Waals surface area contributed by atoms with Crippen LogP contribution in [0.15, 0.2) is 18.2 Å². The molecule has 0 spiro atoms. The van der Waals surface area contributed by atoms with Crippen molar-refractivity contribution in [2.24, 2.45) is 0 Å². The Hall–Kier alpha value is -0.900. The van der Waals surface area contributed by atoms with Crippen LogP contribution in [-0.4, -0.2) is 5.11 Å². The molecule has 0 saturated heterocycles. The minimum Gasteiger partial charge on any atom is -0.508 e. The fraction of sp³-hybridized carbons (Fsp3) is 0.250. The predicted molar refractivity (Wildman–Crippen MR) is 42.7 cm³/mol. The van der Waals surface area contributed by atoms with Gasteiger partial charge in [-0.3, -0.25) is 0 Å². The van der Waals surface area contributed by atoms with Gasteiger partial charge in [-0.1, -0.05) is 6.07 Å². The molecule has 0 amide bonds. The number of alkyl halides is 4. The number of hydrogen-bond acceptors (Lipinski definition) is 1. The van der Waals surface area contributed by atoms with Crippen LogP contribution in [0.3, 0.4) is 0 Å². The molecule has 0 heterocycles. The van der Waals surface area contributed by atoms with Crippen molar-refractivity contribution >= 4 is 11.6 Å². The molecule has 1 aromatic carbocycles. The third-order valence-corrected chi connectivity index (χ3v) is 1.84. The lowest BCUT2D eigenvalue weighted by atomic mass is 10.1. The van der Waals surface area contributed by atoms with Gasteiger partial charge in [0.05, 0.1) is 11.4 Å². The summed E-state index contributed by atoms with van der Waals surface area (Å²) in [4.78, 5) is 0. The van der Waals surface area contributed by atoms with E-state index in [1.807, 2.05) is 0 Å². The Morgan fingerprint density at radius 1 is 1.31 bits per heavy atom. The van der Waals surface area contributed by atoms with Gasteiger partial charge < -0.3 is 5.11 Å². The van der Waals surface area contributed by atoms with Gasteiger partial charge in [-0.05, 0) is 12.1 Å². The molecule has 72 valence electrons. The highest BCUT2D eigenvalue weighted by Gasteiger charge is 2.30. The van der Waals surface area contributed by atoms with Gasteiger partial charge >= 0.3 is 6.18 Å². The molecule has 1 aromatic rings. The second kappa shape index (κ2) is 3.46. The zero-order valence-electron chi connectivity index (χ0n) is 6.40. The van der Waals surface area contributed by atoms with E-state index in [1.54, 1.807) is 0 Å². The van der Waals surface area contributed by atoms with Crippen LogP contribution in [0.2, 0.25) is 0 Å². The van der Waals surface area contributed by atoms with Crippen LogP contribution in [0.4, 0.5) is 13.2 Å². The quantitative estimate of drug-likeness (QED) is 0.706. The summed E-state index contributed by atoms with van der Waals surface area (Å²) in [5.41, 5.74) is -0.589. The normalized spacial score (nSPS) is 11.7. The second-order valence-corrected chi connectivity index (χ2v) is 2.74. The maximum Gasteiger partial charge on any atom is 0.416 e. The number of hydrogen-bond donors (Lipinski definition) is 1. The molecule has 1 rings (SSSR count).